The van der Waals surface area contributed by atoms with E-state index in [0.717, 1.165) is 5.56 Å². The van der Waals surface area contributed by atoms with Gasteiger partial charge in [0.05, 0.1) is 14.2 Å². The Morgan fingerprint density at radius 2 is 1.14 bits per heavy atom. The summed E-state index contributed by atoms with van der Waals surface area (Å²) in [4.78, 5) is 29.1. The Morgan fingerprint density at radius 3 is 1.52 bits per heavy atom. The Bertz CT molecular complexity index is 895. The van der Waals surface area contributed by atoms with Crippen molar-refractivity contribution >= 4 is 35.0 Å². The molecule has 3 rings (SSSR count). The van der Waals surface area contributed by atoms with Gasteiger partial charge in [0, 0.05) is 52.9 Å². The molecule has 29 heavy (non-hydrogen) atoms. The zero-order valence-electron chi connectivity index (χ0n) is 16.5. The number of carbonyl (C=O) groups excluding carboxylic acids is 2. The van der Waals surface area contributed by atoms with Crippen LogP contribution < -0.4 is 9.47 Å². The summed E-state index contributed by atoms with van der Waals surface area (Å²) in [6.07, 6.45) is 0. The van der Waals surface area contributed by atoms with E-state index in [1.54, 1.807) is 54.4 Å². The first kappa shape index (κ1) is 21.3. The topological polar surface area (TPSA) is 59.1 Å². The normalized spacial score (nSPS) is 14.0. The third-order valence-corrected chi connectivity index (χ3v) is 5.40. The number of nitrogens with zero attached hydrogens (tertiary/aromatic N) is 2. The van der Waals surface area contributed by atoms with E-state index in [-0.39, 0.29) is 11.8 Å². The van der Waals surface area contributed by atoms with E-state index in [0.29, 0.717) is 58.9 Å². The SMILES string of the molecule is COc1cc(C(=O)N2CCN(C(=O)c3cc(Cl)cc(Cl)c3)CC2)cc(OC)c1C. The van der Waals surface area contributed by atoms with Crippen molar-refractivity contribution < 1.29 is 19.1 Å². The first-order valence-electron chi connectivity index (χ1n) is 9.11. The molecule has 1 aliphatic heterocycles. The highest BCUT2D eigenvalue weighted by molar-refractivity contribution is 6.35. The summed E-state index contributed by atoms with van der Waals surface area (Å²) in [6, 6.07) is 8.20. The Morgan fingerprint density at radius 1 is 0.759 bits per heavy atom. The smallest absolute Gasteiger partial charge is 0.254 e. The number of hydrogen-bond donors (Lipinski definition) is 0. The van der Waals surface area contributed by atoms with Crippen LogP contribution in [0.25, 0.3) is 0 Å². The van der Waals surface area contributed by atoms with E-state index in [1.807, 2.05) is 6.92 Å². The number of piperazine rings is 1. The molecular weight excluding hydrogens is 415 g/mol. The summed E-state index contributed by atoms with van der Waals surface area (Å²) in [7, 11) is 3.12. The molecule has 6 nitrogen and oxygen atoms in total. The molecule has 0 unspecified atom stereocenters. The quantitative estimate of drug-likeness (QED) is 0.728. The van der Waals surface area contributed by atoms with Crippen molar-refractivity contribution in [1.82, 2.24) is 9.80 Å². The maximum atomic E-state index is 13.0. The minimum atomic E-state index is -0.153. The zero-order chi connectivity index (χ0) is 21.1. The minimum absolute atomic E-state index is 0.125. The zero-order valence-corrected chi connectivity index (χ0v) is 18.0. The van der Waals surface area contributed by atoms with Crippen LogP contribution in [0.4, 0.5) is 0 Å². The van der Waals surface area contributed by atoms with Crippen molar-refractivity contribution in [2.24, 2.45) is 0 Å². The largest absolute Gasteiger partial charge is 0.496 e. The molecule has 0 aliphatic carbocycles. The van der Waals surface area contributed by atoms with Gasteiger partial charge in [-0.15, -0.1) is 0 Å². The lowest BCUT2D eigenvalue weighted by molar-refractivity contribution is 0.0535. The van der Waals surface area contributed by atoms with E-state index in [1.165, 1.54) is 0 Å². The van der Waals surface area contributed by atoms with Crippen LogP contribution in [-0.2, 0) is 0 Å². The molecule has 2 aromatic carbocycles. The second-order valence-corrected chi connectivity index (χ2v) is 7.62. The van der Waals surface area contributed by atoms with Gasteiger partial charge in [-0.3, -0.25) is 9.59 Å². The molecule has 0 N–H and O–H groups in total. The highest BCUT2D eigenvalue weighted by Gasteiger charge is 2.27. The number of rotatable bonds is 4. The predicted molar refractivity (Wildman–Crippen MR) is 113 cm³/mol. The summed E-state index contributed by atoms with van der Waals surface area (Å²) >= 11 is 12.0. The third-order valence-electron chi connectivity index (χ3n) is 4.96. The van der Waals surface area contributed by atoms with Crippen LogP contribution in [0.5, 0.6) is 11.5 Å². The van der Waals surface area contributed by atoms with Crippen molar-refractivity contribution in [2.75, 3.05) is 40.4 Å². The lowest BCUT2D eigenvalue weighted by Gasteiger charge is -2.35. The molecule has 1 fully saturated rings. The van der Waals surface area contributed by atoms with Gasteiger partial charge in [-0.1, -0.05) is 23.2 Å². The molecule has 0 aromatic heterocycles. The fraction of sp³-hybridized carbons (Fsp3) is 0.333. The van der Waals surface area contributed by atoms with Crippen LogP contribution in [0.3, 0.4) is 0 Å². The number of ether oxygens (including phenoxy) is 2. The van der Waals surface area contributed by atoms with Crippen LogP contribution in [0.2, 0.25) is 10.0 Å². The average molecular weight is 437 g/mol. The first-order valence-corrected chi connectivity index (χ1v) is 9.87. The highest BCUT2D eigenvalue weighted by Crippen LogP contribution is 2.30. The maximum absolute atomic E-state index is 13.0. The molecule has 1 heterocycles. The summed E-state index contributed by atoms with van der Waals surface area (Å²) in [5.74, 6) is 0.915. The van der Waals surface area contributed by atoms with E-state index < -0.39 is 0 Å². The van der Waals surface area contributed by atoms with Gasteiger partial charge in [-0.2, -0.15) is 0 Å². The van der Waals surface area contributed by atoms with Crippen molar-refractivity contribution in [3.8, 4) is 11.5 Å². The fourth-order valence-corrected chi connectivity index (χ4v) is 3.89. The van der Waals surface area contributed by atoms with Gasteiger partial charge in [0.15, 0.2) is 0 Å². The van der Waals surface area contributed by atoms with Crippen LogP contribution in [0.15, 0.2) is 30.3 Å². The van der Waals surface area contributed by atoms with Gasteiger partial charge >= 0.3 is 0 Å². The Kier molecular flexibility index (Phi) is 6.55. The summed E-state index contributed by atoms with van der Waals surface area (Å²) in [5, 5.41) is 0.828. The number of hydrogen-bond acceptors (Lipinski definition) is 4. The minimum Gasteiger partial charge on any atom is -0.496 e. The highest BCUT2D eigenvalue weighted by atomic mass is 35.5. The number of carbonyl (C=O) groups is 2. The van der Waals surface area contributed by atoms with Crippen molar-refractivity contribution in [1.29, 1.82) is 0 Å². The molecule has 1 saturated heterocycles. The Hall–Kier alpha value is -2.44. The van der Waals surface area contributed by atoms with Gasteiger partial charge in [-0.05, 0) is 37.3 Å². The first-order chi connectivity index (χ1) is 13.8. The second-order valence-electron chi connectivity index (χ2n) is 6.75. The number of benzene rings is 2. The summed E-state index contributed by atoms with van der Waals surface area (Å²) < 4.78 is 10.7. The average Bonchev–Trinajstić information content (AvgIpc) is 2.72. The van der Waals surface area contributed by atoms with Crippen molar-refractivity contribution in [3.63, 3.8) is 0 Å². The van der Waals surface area contributed by atoms with Gasteiger partial charge in [-0.25, -0.2) is 0 Å². The number of methoxy groups -OCH3 is 2. The molecule has 2 amide bonds. The van der Waals surface area contributed by atoms with Gasteiger partial charge < -0.3 is 19.3 Å². The molecule has 1 aliphatic rings. The molecule has 2 aromatic rings. The van der Waals surface area contributed by atoms with Crippen LogP contribution in [0.1, 0.15) is 26.3 Å². The van der Waals surface area contributed by atoms with E-state index >= 15 is 0 Å². The lowest BCUT2D eigenvalue weighted by Crippen LogP contribution is -2.50. The lowest BCUT2D eigenvalue weighted by atomic mass is 10.1. The Balaban J connectivity index is 1.70. The maximum Gasteiger partial charge on any atom is 0.254 e. The molecule has 0 saturated carbocycles. The molecule has 0 bridgehead atoms. The van der Waals surface area contributed by atoms with Gasteiger partial charge in [0.2, 0.25) is 0 Å². The molecular formula is C21H22Cl2N2O4. The van der Waals surface area contributed by atoms with Crippen molar-refractivity contribution in [2.45, 2.75) is 6.92 Å². The second kappa shape index (κ2) is 8.93. The van der Waals surface area contributed by atoms with Crippen molar-refractivity contribution in [3.05, 3.63) is 57.1 Å². The fourth-order valence-electron chi connectivity index (χ4n) is 3.36. The van der Waals surface area contributed by atoms with Gasteiger partial charge in [0.25, 0.3) is 11.8 Å². The van der Waals surface area contributed by atoms with E-state index in [4.69, 9.17) is 32.7 Å². The molecule has 154 valence electrons. The van der Waals surface area contributed by atoms with Gasteiger partial charge in [0.1, 0.15) is 11.5 Å². The Labute approximate surface area is 179 Å². The summed E-state index contributed by atoms with van der Waals surface area (Å²) in [5.41, 5.74) is 1.77. The number of amides is 2. The molecule has 0 spiro atoms. The van der Waals surface area contributed by atoms with Crippen LogP contribution in [-0.4, -0.2) is 62.0 Å². The standard InChI is InChI=1S/C21H22Cl2N2O4/c1-13-18(28-2)10-15(11-19(13)29-3)21(27)25-6-4-24(5-7-25)20(26)14-8-16(22)12-17(23)9-14/h8-12H,4-7H2,1-3H3. The van der Waals surface area contributed by atoms with Crippen LogP contribution in [0, 0.1) is 6.92 Å². The molecule has 0 radical (unpaired) electrons. The molecule has 0 atom stereocenters. The van der Waals surface area contributed by atoms with E-state index in [2.05, 4.69) is 0 Å². The van der Waals surface area contributed by atoms with Crippen LogP contribution >= 0.6 is 23.2 Å². The van der Waals surface area contributed by atoms with E-state index in [9.17, 15) is 9.59 Å². The monoisotopic (exact) mass is 436 g/mol. The molecule has 8 heteroatoms. The predicted octanol–water partition coefficient (Wildman–Crippen LogP) is 3.92. The third kappa shape index (κ3) is 4.60. The number of halogens is 2. The summed E-state index contributed by atoms with van der Waals surface area (Å²) in [6.45, 7) is 3.58.